The summed E-state index contributed by atoms with van der Waals surface area (Å²) in [5, 5.41) is 33.4. The smallest absolute Gasteiger partial charge is 0.336 e. The van der Waals surface area contributed by atoms with Gasteiger partial charge in [-0.3, -0.25) is 0 Å². The molecule has 3 rings (SSSR count). The van der Waals surface area contributed by atoms with Crippen LogP contribution in [0.2, 0.25) is 0 Å². The molecule has 0 saturated carbocycles. The van der Waals surface area contributed by atoms with E-state index in [0.717, 1.165) is 10.9 Å². The van der Waals surface area contributed by atoms with Crippen molar-refractivity contribution in [1.82, 2.24) is 0 Å². The van der Waals surface area contributed by atoms with Crippen molar-refractivity contribution < 1.29 is 24.5 Å². The molecule has 0 radical (unpaired) electrons. The number of hydrogen-bond acceptors (Lipinski definition) is 7. The zero-order chi connectivity index (χ0) is 17.4. The molecule has 1 fully saturated rings. The van der Waals surface area contributed by atoms with Gasteiger partial charge in [0.1, 0.15) is 23.9 Å². The summed E-state index contributed by atoms with van der Waals surface area (Å²) in [5.74, 6) is 0. The Morgan fingerprint density at radius 3 is 2.67 bits per heavy atom. The number of aryl methyl sites for hydroxylation is 1. The van der Waals surface area contributed by atoms with Crippen molar-refractivity contribution in [2.24, 2.45) is 0 Å². The molecule has 0 amide bonds. The minimum Gasteiger partial charge on any atom is -0.423 e. The molecule has 1 saturated heterocycles. The maximum Gasteiger partial charge on any atom is 0.336 e. The predicted molar refractivity (Wildman–Crippen MR) is 88.1 cm³/mol. The van der Waals surface area contributed by atoms with Gasteiger partial charge in [-0.1, -0.05) is 0 Å². The summed E-state index contributed by atoms with van der Waals surface area (Å²) in [7, 11) is 0. The van der Waals surface area contributed by atoms with Crippen molar-refractivity contribution in [3.05, 3.63) is 40.2 Å². The third kappa shape index (κ3) is 3.03. The van der Waals surface area contributed by atoms with Crippen molar-refractivity contribution in [2.45, 2.75) is 44.3 Å². The third-order valence-corrected chi connectivity index (χ3v) is 4.46. The zero-order valence-electron chi connectivity index (χ0n) is 13.5. The molecule has 1 aliphatic heterocycles. The van der Waals surface area contributed by atoms with Crippen LogP contribution in [0.1, 0.15) is 12.5 Å². The molecule has 2 aromatic rings. The molecule has 7 nitrogen and oxygen atoms in total. The highest BCUT2D eigenvalue weighted by molar-refractivity contribution is 5.83. The Balaban J connectivity index is 1.88. The Labute approximate surface area is 138 Å². The van der Waals surface area contributed by atoms with Crippen LogP contribution in [0.5, 0.6) is 0 Å². The van der Waals surface area contributed by atoms with Gasteiger partial charge in [0.15, 0.2) is 0 Å². The van der Waals surface area contributed by atoms with Gasteiger partial charge in [-0.25, -0.2) is 4.79 Å². The van der Waals surface area contributed by atoms with Gasteiger partial charge in [-0.15, -0.1) is 0 Å². The molecule has 5 atom stereocenters. The Hall–Kier alpha value is -1.93. The van der Waals surface area contributed by atoms with Crippen molar-refractivity contribution >= 4 is 16.7 Å². The molecule has 24 heavy (non-hydrogen) atoms. The van der Waals surface area contributed by atoms with Gasteiger partial charge in [0.05, 0.1) is 18.8 Å². The molecule has 4 N–H and O–H groups in total. The number of aliphatic hydroxyl groups is 3. The predicted octanol–water partition coefficient (Wildman–Crippen LogP) is 0.383. The molecule has 130 valence electrons. The maximum absolute atomic E-state index is 11.5. The molecule has 0 spiro atoms. The quantitative estimate of drug-likeness (QED) is 0.600. The van der Waals surface area contributed by atoms with Gasteiger partial charge < -0.3 is 29.8 Å². The average Bonchev–Trinajstić information content (AvgIpc) is 2.54. The molecule has 5 unspecified atom stereocenters. The highest BCUT2D eigenvalue weighted by Crippen LogP contribution is 2.26. The van der Waals surface area contributed by atoms with Crippen LogP contribution < -0.4 is 10.9 Å². The van der Waals surface area contributed by atoms with Crippen molar-refractivity contribution in [3.8, 4) is 0 Å². The Morgan fingerprint density at radius 2 is 1.96 bits per heavy atom. The lowest BCUT2D eigenvalue weighted by Gasteiger charge is -2.41. The van der Waals surface area contributed by atoms with Gasteiger partial charge in [0.2, 0.25) is 0 Å². The van der Waals surface area contributed by atoms with E-state index in [1.807, 2.05) is 13.0 Å². The standard InChI is InChI=1S/C17H21NO6/c1-8-5-14(20)24-12-6-10(3-4-11(8)12)18-15-9(2)23-13(7-19)16(21)17(15)22/h3-6,9,13,15-19,21-22H,7H2,1-2H3. The number of hydrogen-bond donors (Lipinski definition) is 4. The van der Waals surface area contributed by atoms with E-state index < -0.39 is 36.1 Å². The summed E-state index contributed by atoms with van der Waals surface area (Å²) in [6, 6.07) is 6.16. The van der Waals surface area contributed by atoms with Crippen LogP contribution in [-0.2, 0) is 4.74 Å². The number of aliphatic hydroxyl groups excluding tert-OH is 3. The van der Waals surface area contributed by atoms with E-state index in [-0.39, 0.29) is 6.61 Å². The van der Waals surface area contributed by atoms with E-state index in [1.54, 1.807) is 19.1 Å². The van der Waals surface area contributed by atoms with Crippen LogP contribution in [0.25, 0.3) is 11.0 Å². The lowest BCUT2D eigenvalue weighted by molar-refractivity contribution is -0.180. The minimum absolute atomic E-state index is 0.365. The average molecular weight is 335 g/mol. The van der Waals surface area contributed by atoms with E-state index in [1.165, 1.54) is 6.07 Å². The topological polar surface area (TPSA) is 112 Å². The fraction of sp³-hybridized carbons (Fsp3) is 0.471. The van der Waals surface area contributed by atoms with Gasteiger partial charge in [-0.05, 0) is 31.5 Å². The summed E-state index contributed by atoms with van der Waals surface area (Å²) in [6.07, 6.45) is -3.54. The van der Waals surface area contributed by atoms with Crippen LogP contribution in [-0.4, -0.2) is 52.4 Å². The first-order chi connectivity index (χ1) is 11.4. The van der Waals surface area contributed by atoms with Gasteiger partial charge in [0.25, 0.3) is 0 Å². The summed E-state index contributed by atoms with van der Waals surface area (Å²) in [5.41, 5.74) is 1.47. The van der Waals surface area contributed by atoms with Crippen molar-refractivity contribution in [1.29, 1.82) is 0 Å². The van der Waals surface area contributed by atoms with Gasteiger partial charge in [-0.2, -0.15) is 0 Å². The third-order valence-electron chi connectivity index (χ3n) is 4.46. The van der Waals surface area contributed by atoms with Gasteiger partial charge in [0, 0.05) is 23.2 Å². The Kier molecular flexibility index (Phi) is 4.60. The van der Waals surface area contributed by atoms with Crippen LogP contribution in [0, 0.1) is 6.92 Å². The summed E-state index contributed by atoms with van der Waals surface area (Å²) < 4.78 is 10.7. The molecule has 0 aliphatic carbocycles. The molecule has 2 heterocycles. The van der Waals surface area contributed by atoms with Gasteiger partial charge >= 0.3 is 5.63 Å². The van der Waals surface area contributed by atoms with Crippen LogP contribution >= 0.6 is 0 Å². The minimum atomic E-state index is -1.19. The molecule has 1 aliphatic rings. The summed E-state index contributed by atoms with van der Waals surface area (Å²) in [6.45, 7) is 3.22. The van der Waals surface area contributed by atoms with E-state index in [4.69, 9.17) is 9.15 Å². The first-order valence-corrected chi connectivity index (χ1v) is 7.84. The molecular weight excluding hydrogens is 314 g/mol. The second-order valence-electron chi connectivity index (χ2n) is 6.17. The lowest BCUT2D eigenvalue weighted by Crippen LogP contribution is -2.60. The molecule has 1 aromatic carbocycles. The largest absolute Gasteiger partial charge is 0.423 e. The normalized spacial score (nSPS) is 30.5. The van der Waals surface area contributed by atoms with E-state index in [9.17, 15) is 20.1 Å². The molecular formula is C17H21NO6. The van der Waals surface area contributed by atoms with E-state index in [2.05, 4.69) is 5.32 Å². The SMILES string of the molecule is Cc1cc(=O)oc2cc(NC3C(C)OC(CO)C(O)C3O)ccc12. The Bertz CT molecular complexity index is 788. The number of nitrogens with one attached hydrogen (secondary N) is 1. The van der Waals surface area contributed by atoms with Crippen LogP contribution in [0.15, 0.2) is 33.5 Å². The maximum atomic E-state index is 11.5. The second-order valence-corrected chi connectivity index (χ2v) is 6.17. The highest BCUT2D eigenvalue weighted by atomic mass is 16.5. The summed E-state index contributed by atoms with van der Waals surface area (Å²) in [4.78, 5) is 11.5. The second kappa shape index (κ2) is 6.52. The number of rotatable bonds is 3. The van der Waals surface area contributed by atoms with Crippen molar-refractivity contribution in [2.75, 3.05) is 11.9 Å². The molecule has 1 aromatic heterocycles. The monoisotopic (exact) mass is 335 g/mol. The first-order valence-electron chi connectivity index (χ1n) is 7.84. The summed E-state index contributed by atoms with van der Waals surface area (Å²) >= 11 is 0. The molecule has 0 bridgehead atoms. The Morgan fingerprint density at radius 1 is 1.21 bits per heavy atom. The highest BCUT2D eigenvalue weighted by Gasteiger charge is 2.42. The first kappa shape index (κ1) is 16.9. The fourth-order valence-electron chi connectivity index (χ4n) is 3.11. The van der Waals surface area contributed by atoms with Crippen molar-refractivity contribution in [3.63, 3.8) is 0 Å². The number of ether oxygens (including phenoxy) is 1. The lowest BCUT2D eigenvalue weighted by atomic mass is 9.93. The van der Waals surface area contributed by atoms with E-state index in [0.29, 0.717) is 11.3 Å². The number of fused-ring (bicyclic) bond motifs is 1. The van der Waals surface area contributed by atoms with E-state index >= 15 is 0 Å². The number of anilines is 1. The zero-order valence-corrected chi connectivity index (χ0v) is 13.5. The van der Waals surface area contributed by atoms with Crippen LogP contribution in [0.3, 0.4) is 0 Å². The number of benzene rings is 1. The van der Waals surface area contributed by atoms with Crippen LogP contribution in [0.4, 0.5) is 5.69 Å². The molecule has 7 heteroatoms. The fourth-order valence-corrected chi connectivity index (χ4v) is 3.11.